The fourth-order valence-electron chi connectivity index (χ4n) is 3.78. The van der Waals surface area contributed by atoms with Crippen LogP contribution in [-0.4, -0.2) is 23.7 Å². The van der Waals surface area contributed by atoms with Crippen molar-refractivity contribution < 1.29 is 14.3 Å². The molecule has 2 amide bonds. The fourth-order valence-corrected chi connectivity index (χ4v) is 5.22. The Morgan fingerprint density at radius 2 is 1.75 bits per heavy atom. The number of amides is 2. The quantitative estimate of drug-likeness (QED) is 0.316. The van der Waals surface area contributed by atoms with Crippen molar-refractivity contribution in [2.45, 2.75) is 25.1 Å². The first-order chi connectivity index (χ1) is 17.5. The van der Waals surface area contributed by atoms with Crippen molar-refractivity contribution >= 4 is 40.9 Å². The van der Waals surface area contributed by atoms with Crippen molar-refractivity contribution in [2.24, 2.45) is 0 Å². The topological polar surface area (TPSA) is 82.4 Å². The van der Waals surface area contributed by atoms with Gasteiger partial charge in [0.25, 0.3) is 5.91 Å². The predicted molar refractivity (Wildman–Crippen MR) is 143 cm³/mol. The molecule has 3 aromatic rings. The Hall–Kier alpha value is -3.73. The molecule has 4 rings (SSSR count). The minimum atomic E-state index is -0.528. The van der Waals surface area contributed by atoms with E-state index in [1.165, 1.54) is 16.7 Å². The summed E-state index contributed by atoms with van der Waals surface area (Å²) in [6.07, 6.45) is 0.433. The number of nitrogens with one attached hydrogen (secondary N) is 1. The number of nitriles is 1. The third-order valence-electron chi connectivity index (χ3n) is 5.54. The molecular formula is C28H24ClN3O3S. The number of hydrogen-bond acceptors (Lipinski definition) is 5. The Balaban J connectivity index is 1.66. The van der Waals surface area contributed by atoms with E-state index < -0.39 is 11.2 Å². The molecule has 8 heteroatoms. The maximum absolute atomic E-state index is 13.6. The molecular weight excluding hydrogens is 494 g/mol. The average molecular weight is 518 g/mol. The second-order valence-corrected chi connectivity index (χ2v) is 9.63. The summed E-state index contributed by atoms with van der Waals surface area (Å²) in [6.45, 7) is 2.68. The zero-order chi connectivity index (χ0) is 25.5. The van der Waals surface area contributed by atoms with Crippen molar-refractivity contribution in [2.75, 3.05) is 11.5 Å². The highest BCUT2D eigenvalue weighted by Gasteiger charge is 2.40. The zero-order valence-corrected chi connectivity index (χ0v) is 21.2. The summed E-state index contributed by atoms with van der Waals surface area (Å²) in [7, 11) is 0. The van der Waals surface area contributed by atoms with Gasteiger partial charge in [-0.3, -0.25) is 14.5 Å². The van der Waals surface area contributed by atoms with Gasteiger partial charge < -0.3 is 10.1 Å². The molecule has 0 saturated carbocycles. The Morgan fingerprint density at radius 3 is 2.39 bits per heavy atom. The normalized spacial score (nSPS) is 16.4. The minimum Gasteiger partial charge on any atom is -0.494 e. The number of thioether (sulfide) groups is 1. The number of rotatable bonds is 8. The molecule has 36 heavy (non-hydrogen) atoms. The predicted octanol–water partition coefficient (Wildman–Crippen LogP) is 5.48. The SMILES string of the molecule is CCOc1ccc(N2C(=O)C(Cc3ccc(Cl)cc3)S/C2=C(/C#N)C(=O)NCc2ccccc2)cc1. The average Bonchev–Trinajstić information content (AvgIpc) is 3.21. The maximum Gasteiger partial charge on any atom is 0.264 e. The van der Waals surface area contributed by atoms with Gasteiger partial charge in [-0.2, -0.15) is 5.26 Å². The lowest BCUT2D eigenvalue weighted by Crippen LogP contribution is -2.32. The number of anilines is 1. The van der Waals surface area contributed by atoms with Gasteiger partial charge in [0.15, 0.2) is 0 Å². The van der Waals surface area contributed by atoms with Gasteiger partial charge in [0.2, 0.25) is 5.91 Å². The van der Waals surface area contributed by atoms with E-state index in [2.05, 4.69) is 5.32 Å². The Morgan fingerprint density at radius 1 is 1.06 bits per heavy atom. The van der Waals surface area contributed by atoms with Crippen molar-refractivity contribution in [3.05, 3.63) is 106 Å². The molecule has 1 heterocycles. The molecule has 3 aromatic carbocycles. The smallest absolute Gasteiger partial charge is 0.264 e. The van der Waals surface area contributed by atoms with Gasteiger partial charge in [-0.25, -0.2) is 0 Å². The maximum atomic E-state index is 13.6. The van der Waals surface area contributed by atoms with Crippen LogP contribution in [0.2, 0.25) is 5.02 Å². The van der Waals surface area contributed by atoms with E-state index in [4.69, 9.17) is 16.3 Å². The number of benzene rings is 3. The summed E-state index contributed by atoms with van der Waals surface area (Å²) in [4.78, 5) is 28.1. The number of halogens is 1. The molecule has 1 aliphatic rings. The van der Waals surface area contributed by atoms with Gasteiger partial charge >= 0.3 is 0 Å². The molecule has 1 fully saturated rings. The molecule has 1 N–H and O–H groups in total. The van der Waals surface area contributed by atoms with Crippen LogP contribution in [0.3, 0.4) is 0 Å². The monoisotopic (exact) mass is 517 g/mol. The molecule has 0 aromatic heterocycles. The number of ether oxygens (including phenoxy) is 1. The van der Waals surface area contributed by atoms with Crippen molar-refractivity contribution in [3.63, 3.8) is 0 Å². The van der Waals surface area contributed by atoms with Gasteiger partial charge in [0.05, 0.1) is 11.9 Å². The Kier molecular flexibility index (Phi) is 8.32. The van der Waals surface area contributed by atoms with Crippen molar-refractivity contribution in [3.8, 4) is 11.8 Å². The first kappa shape index (κ1) is 25.4. The van der Waals surface area contributed by atoms with Crippen LogP contribution in [0.4, 0.5) is 5.69 Å². The summed E-state index contributed by atoms with van der Waals surface area (Å²) < 4.78 is 5.52. The number of hydrogen-bond donors (Lipinski definition) is 1. The summed E-state index contributed by atoms with van der Waals surface area (Å²) >= 11 is 7.24. The van der Waals surface area contributed by atoms with Crippen LogP contribution in [-0.2, 0) is 22.6 Å². The largest absolute Gasteiger partial charge is 0.494 e. The third-order valence-corrected chi connectivity index (χ3v) is 7.06. The van der Waals surface area contributed by atoms with Crippen LogP contribution < -0.4 is 15.0 Å². The lowest BCUT2D eigenvalue weighted by Gasteiger charge is -2.19. The Labute approximate surface area is 219 Å². The molecule has 1 atom stereocenters. The lowest BCUT2D eigenvalue weighted by atomic mass is 10.1. The molecule has 6 nitrogen and oxygen atoms in total. The van der Waals surface area contributed by atoms with E-state index in [0.717, 1.165) is 11.1 Å². The van der Waals surface area contributed by atoms with Gasteiger partial charge in [0.1, 0.15) is 22.4 Å². The lowest BCUT2D eigenvalue weighted by molar-refractivity contribution is -0.117. The van der Waals surface area contributed by atoms with Gasteiger partial charge in [0, 0.05) is 17.3 Å². The van der Waals surface area contributed by atoms with E-state index in [1.807, 2.05) is 55.5 Å². The minimum absolute atomic E-state index is 0.100. The van der Waals surface area contributed by atoms with Crippen LogP contribution in [0.1, 0.15) is 18.1 Å². The van der Waals surface area contributed by atoms with E-state index in [9.17, 15) is 14.9 Å². The van der Waals surface area contributed by atoms with Crippen LogP contribution in [0.5, 0.6) is 5.75 Å². The highest BCUT2D eigenvalue weighted by Crippen LogP contribution is 2.42. The first-order valence-electron chi connectivity index (χ1n) is 11.4. The van der Waals surface area contributed by atoms with Crippen molar-refractivity contribution in [1.82, 2.24) is 5.32 Å². The zero-order valence-electron chi connectivity index (χ0n) is 19.6. The highest BCUT2D eigenvalue weighted by molar-refractivity contribution is 8.05. The fraction of sp³-hybridized carbons (Fsp3) is 0.179. The van der Waals surface area contributed by atoms with Gasteiger partial charge in [-0.1, -0.05) is 65.8 Å². The summed E-state index contributed by atoms with van der Waals surface area (Å²) in [5.41, 5.74) is 2.31. The van der Waals surface area contributed by atoms with Crippen LogP contribution >= 0.6 is 23.4 Å². The van der Waals surface area contributed by atoms with Gasteiger partial charge in [-0.15, -0.1) is 0 Å². The molecule has 182 valence electrons. The van der Waals surface area contributed by atoms with E-state index in [1.54, 1.807) is 36.4 Å². The second-order valence-electron chi connectivity index (χ2n) is 8.00. The molecule has 0 bridgehead atoms. The molecule has 1 saturated heterocycles. The summed E-state index contributed by atoms with van der Waals surface area (Å²) in [5.74, 6) is -0.0534. The molecule has 0 aliphatic carbocycles. The number of carbonyl (C=O) groups excluding carboxylic acids is 2. The highest BCUT2D eigenvalue weighted by atomic mass is 35.5. The Bertz CT molecular complexity index is 1300. The van der Waals surface area contributed by atoms with Crippen LogP contribution in [0.15, 0.2) is 89.5 Å². The van der Waals surface area contributed by atoms with E-state index >= 15 is 0 Å². The van der Waals surface area contributed by atoms with Crippen LogP contribution in [0.25, 0.3) is 0 Å². The molecule has 1 unspecified atom stereocenters. The summed E-state index contributed by atoms with van der Waals surface area (Å²) in [6, 6.07) is 25.8. The standard InChI is InChI=1S/C28H24ClN3O3S/c1-2-35-23-14-12-22(13-15-23)32-27(34)25(16-19-8-10-21(29)11-9-19)36-28(32)24(17-30)26(33)31-18-20-6-4-3-5-7-20/h3-15,25H,2,16,18H2,1H3,(H,31,33)/b28-24-. The number of carbonyl (C=O) groups is 2. The molecule has 1 aliphatic heterocycles. The summed E-state index contributed by atoms with van der Waals surface area (Å²) in [5, 5.41) is 13.2. The van der Waals surface area contributed by atoms with E-state index in [0.29, 0.717) is 34.5 Å². The van der Waals surface area contributed by atoms with E-state index in [-0.39, 0.29) is 18.0 Å². The van der Waals surface area contributed by atoms with Gasteiger partial charge in [-0.05, 0) is 60.9 Å². The first-order valence-corrected chi connectivity index (χ1v) is 12.7. The second kappa shape index (κ2) is 11.8. The molecule has 0 radical (unpaired) electrons. The number of nitrogens with zero attached hydrogens (tertiary/aromatic N) is 2. The molecule has 0 spiro atoms. The third kappa shape index (κ3) is 5.91. The van der Waals surface area contributed by atoms with Crippen molar-refractivity contribution in [1.29, 1.82) is 5.26 Å². The van der Waals surface area contributed by atoms with Crippen LogP contribution in [0, 0.1) is 11.3 Å².